The number of nitrogens with one attached hydrogen (secondary N) is 2. The Morgan fingerprint density at radius 1 is 1.19 bits per heavy atom. The predicted molar refractivity (Wildman–Crippen MR) is 76.9 cm³/mol. The van der Waals surface area contributed by atoms with E-state index in [4.69, 9.17) is 4.42 Å². The molecule has 0 fully saturated rings. The third kappa shape index (κ3) is 3.60. The molecule has 0 aliphatic rings. The van der Waals surface area contributed by atoms with Gasteiger partial charge < -0.3 is 4.42 Å². The maximum absolute atomic E-state index is 12.0. The number of hydrogen-bond acceptors (Lipinski definition) is 6. The average molecular weight is 306 g/mol. The van der Waals surface area contributed by atoms with Gasteiger partial charge in [0.25, 0.3) is 11.8 Å². The van der Waals surface area contributed by atoms with Crippen LogP contribution in [0.2, 0.25) is 0 Å². The van der Waals surface area contributed by atoms with Crippen molar-refractivity contribution in [3.63, 3.8) is 0 Å². The Balaban J connectivity index is 2.04. The Morgan fingerprint density at radius 2 is 1.90 bits per heavy atom. The minimum absolute atomic E-state index is 0.191. The molecule has 7 nitrogen and oxygen atoms in total. The lowest BCUT2D eigenvalue weighted by Crippen LogP contribution is -2.42. The summed E-state index contributed by atoms with van der Waals surface area (Å²) in [6, 6.07) is 3.07. The normalized spacial score (nSPS) is 10.2. The van der Waals surface area contributed by atoms with Gasteiger partial charge in [-0.1, -0.05) is 11.8 Å². The maximum atomic E-state index is 12.0. The highest BCUT2D eigenvalue weighted by Gasteiger charge is 2.14. The molecule has 2 rings (SSSR count). The fourth-order valence-electron chi connectivity index (χ4n) is 1.61. The fraction of sp³-hybridized carbons (Fsp3) is 0.231. The van der Waals surface area contributed by atoms with Crippen LogP contribution in [0.25, 0.3) is 0 Å². The van der Waals surface area contributed by atoms with Crippen LogP contribution in [0.4, 0.5) is 0 Å². The van der Waals surface area contributed by atoms with Crippen LogP contribution in [0, 0.1) is 13.8 Å². The Hall–Kier alpha value is -2.35. The van der Waals surface area contributed by atoms with E-state index in [2.05, 4.69) is 20.8 Å². The number of hydrogen-bond donors (Lipinski definition) is 2. The number of carbonyl (C=O) groups is 2. The van der Waals surface area contributed by atoms with Crippen molar-refractivity contribution in [1.82, 2.24) is 20.8 Å². The van der Waals surface area contributed by atoms with E-state index in [0.29, 0.717) is 22.2 Å². The van der Waals surface area contributed by atoms with Gasteiger partial charge in [0.2, 0.25) is 0 Å². The van der Waals surface area contributed by atoms with E-state index in [0.717, 1.165) is 0 Å². The summed E-state index contributed by atoms with van der Waals surface area (Å²) in [5.74, 6) is -0.486. The summed E-state index contributed by atoms with van der Waals surface area (Å²) >= 11 is 1.34. The molecule has 0 radical (unpaired) electrons. The highest BCUT2D eigenvalue weighted by atomic mass is 32.2. The highest BCUT2D eigenvalue weighted by Crippen LogP contribution is 2.10. The summed E-state index contributed by atoms with van der Waals surface area (Å²) in [6.07, 6.45) is 3.23. The van der Waals surface area contributed by atoms with E-state index in [1.54, 1.807) is 19.9 Å². The smallest absolute Gasteiger partial charge is 0.288 e. The van der Waals surface area contributed by atoms with Gasteiger partial charge in [-0.15, -0.1) is 0 Å². The van der Waals surface area contributed by atoms with E-state index in [-0.39, 0.29) is 5.69 Å². The van der Waals surface area contributed by atoms with Gasteiger partial charge in [0.05, 0.1) is 11.8 Å². The quantitative estimate of drug-likeness (QED) is 0.506. The zero-order valence-corrected chi connectivity index (χ0v) is 12.6. The van der Waals surface area contributed by atoms with Crippen molar-refractivity contribution in [2.24, 2.45) is 0 Å². The molecule has 21 heavy (non-hydrogen) atoms. The molecule has 8 heteroatoms. The first-order valence-electron chi connectivity index (χ1n) is 6.05. The zero-order chi connectivity index (χ0) is 15.4. The van der Waals surface area contributed by atoms with Crippen molar-refractivity contribution >= 4 is 23.6 Å². The van der Waals surface area contributed by atoms with Crippen molar-refractivity contribution in [3.8, 4) is 0 Å². The van der Waals surface area contributed by atoms with Crippen LogP contribution in [-0.4, -0.2) is 28.0 Å². The van der Waals surface area contributed by atoms with Gasteiger partial charge in [-0.05, 0) is 32.2 Å². The predicted octanol–water partition coefficient (Wildman–Crippen LogP) is 1.48. The lowest BCUT2D eigenvalue weighted by Gasteiger charge is -2.07. The molecule has 0 aliphatic carbocycles. The molecule has 110 valence electrons. The number of aryl methyl sites for hydroxylation is 2. The average Bonchev–Trinajstić information content (AvgIpc) is 2.89. The molecule has 0 aliphatic heterocycles. The van der Waals surface area contributed by atoms with Crippen LogP contribution in [-0.2, 0) is 0 Å². The van der Waals surface area contributed by atoms with Crippen molar-refractivity contribution in [1.29, 1.82) is 0 Å². The summed E-state index contributed by atoms with van der Waals surface area (Å²) in [6.45, 7) is 3.43. The van der Waals surface area contributed by atoms with E-state index >= 15 is 0 Å². The molecule has 0 unspecified atom stereocenters. The van der Waals surface area contributed by atoms with Crippen molar-refractivity contribution in [2.75, 3.05) is 6.26 Å². The summed E-state index contributed by atoms with van der Waals surface area (Å²) in [4.78, 5) is 32.0. The van der Waals surface area contributed by atoms with Crippen LogP contribution in [0.5, 0.6) is 0 Å². The molecule has 2 N–H and O–H groups in total. The molecule has 0 bridgehead atoms. The number of aromatic nitrogens is 2. The van der Waals surface area contributed by atoms with Gasteiger partial charge in [-0.3, -0.25) is 20.4 Å². The van der Waals surface area contributed by atoms with E-state index in [1.807, 2.05) is 6.26 Å². The SMILES string of the molecule is CSc1nc(C)cc(C(=O)NNC(=O)c2ccoc2C)n1. The molecule has 0 saturated carbocycles. The Morgan fingerprint density at radius 3 is 2.52 bits per heavy atom. The lowest BCUT2D eigenvalue weighted by atomic mass is 10.2. The summed E-state index contributed by atoms with van der Waals surface area (Å²) in [5, 5.41) is 0.497. The van der Waals surface area contributed by atoms with Crippen LogP contribution in [0.3, 0.4) is 0 Å². The first-order chi connectivity index (χ1) is 10.0. The second-order valence-electron chi connectivity index (χ2n) is 4.18. The lowest BCUT2D eigenvalue weighted by molar-refractivity contribution is 0.0842. The number of rotatable bonds is 3. The standard InChI is InChI=1S/C13H14N4O3S/c1-7-6-10(15-13(14-7)21-3)12(19)17-16-11(18)9-4-5-20-8(9)2/h4-6H,1-3H3,(H,16,18)(H,17,19). The monoisotopic (exact) mass is 306 g/mol. The topological polar surface area (TPSA) is 97.1 Å². The molecule has 2 amide bonds. The summed E-state index contributed by atoms with van der Waals surface area (Å²) < 4.78 is 5.03. The van der Waals surface area contributed by atoms with Gasteiger partial charge in [0, 0.05) is 5.69 Å². The van der Waals surface area contributed by atoms with E-state index < -0.39 is 11.8 Å². The largest absolute Gasteiger partial charge is 0.469 e. The Bertz CT molecular complexity index is 684. The fourth-order valence-corrected chi connectivity index (χ4v) is 2.04. The maximum Gasteiger partial charge on any atom is 0.288 e. The van der Waals surface area contributed by atoms with Crippen molar-refractivity contribution < 1.29 is 14.0 Å². The van der Waals surface area contributed by atoms with Crippen LogP contribution in [0.15, 0.2) is 28.0 Å². The van der Waals surface area contributed by atoms with Gasteiger partial charge in [0.15, 0.2) is 5.16 Å². The molecule has 0 atom stereocenters. The number of carbonyl (C=O) groups excluding carboxylic acids is 2. The van der Waals surface area contributed by atoms with Crippen molar-refractivity contribution in [3.05, 3.63) is 41.1 Å². The number of amides is 2. The molecule has 0 aromatic carbocycles. The van der Waals surface area contributed by atoms with Crippen LogP contribution >= 0.6 is 11.8 Å². The first kappa shape index (κ1) is 15.0. The van der Waals surface area contributed by atoms with Gasteiger partial charge in [-0.2, -0.15) is 0 Å². The minimum atomic E-state index is -0.509. The molecule has 2 heterocycles. The van der Waals surface area contributed by atoms with Gasteiger partial charge >= 0.3 is 0 Å². The number of hydrazine groups is 1. The van der Waals surface area contributed by atoms with E-state index in [9.17, 15) is 9.59 Å². The molecule has 2 aromatic rings. The van der Waals surface area contributed by atoms with E-state index in [1.165, 1.54) is 24.1 Å². The molecule has 0 saturated heterocycles. The second kappa shape index (κ2) is 6.40. The zero-order valence-electron chi connectivity index (χ0n) is 11.8. The summed E-state index contributed by atoms with van der Waals surface area (Å²) in [5.41, 5.74) is 5.86. The number of thioether (sulfide) groups is 1. The van der Waals surface area contributed by atoms with Crippen molar-refractivity contribution in [2.45, 2.75) is 19.0 Å². The number of furan rings is 1. The number of nitrogens with zero attached hydrogens (tertiary/aromatic N) is 2. The Labute approximate surface area is 125 Å². The summed E-state index contributed by atoms with van der Waals surface area (Å²) in [7, 11) is 0. The third-order valence-corrected chi connectivity index (χ3v) is 3.19. The highest BCUT2D eigenvalue weighted by molar-refractivity contribution is 7.98. The first-order valence-corrected chi connectivity index (χ1v) is 7.28. The third-order valence-electron chi connectivity index (χ3n) is 2.64. The molecular formula is C13H14N4O3S. The second-order valence-corrected chi connectivity index (χ2v) is 4.95. The van der Waals surface area contributed by atoms with Gasteiger partial charge in [-0.25, -0.2) is 9.97 Å². The molecular weight excluding hydrogens is 292 g/mol. The Kier molecular flexibility index (Phi) is 4.59. The van der Waals surface area contributed by atoms with Crippen LogP contribution < -0.4 is 10.9 Å². The minimum Gasteiger partial charge on any atom is -0.469 e. The van der Waals surface area contributed by atoms with Crippen LogP contribution in [0.1, 0.15) is 32.3 Å². The molecule has 0 spiro atoms. The van der Waals surface area contributed by atoms with Gasteiger partial charge in [0.1, 0.15) is 11.5 Å². The molecule has 2 aromatic heterocycles.